The lowest BCUT2D eigenvalue weighted by Crippen LogP contribution is -2.34. The van der Waals surface area contributed by atoms with E-state index >= 15 is 0 Å². The summed E-state index contributed by atoms with van der Waals surface area (Å²) in [6.07, 6.45) is -0.197. The summed E-state index contributed by atoms with van der Waals surface area (Å²) in [7, 11) is 0. The number of benzene rings is 1. The van der Waals surface area contributed by atoms with Gasteiger partial charge in [0.1, 0.15) is 5.60 Å². The van der Waals surface area contributed by atoms with Gasteiger partial charge in [0.25, 0.3) is 0 Å². The van der Waals surface area contributed by atoms with Crippen LogP contribution in [0.3, 0.4) is 0 Å². The molecule has 1 aliphatic heterocycles. The molecule has 1 N–H and O–H groups in total. The van der Waals surface area contributed by atoms with Crippen LogP contribution in [0.4, 0.5) is 4.39 Å². The number of carboxylic acid groups (broad SMARTS) is 1. The second kappa shape index (κ2) is 5.82. The highest BCUT2D eigenvalue weighted by Crippen LogP contribution is 2.36. The first-order valence-corrected chi connectivity index (χ1v) is 6.71. The van der Waals surface area contributed by atoms with Gasteiger partial charge < -0.3 is 19.3 Å². The van der Waals surface area contributed by atoms with Crippen molar-refractivity contribution >= 4 is 11.9 Å². The fourth-order valence-electron chi connectivity index (χ4n) is 2.02. The number of carbonyl (C=O) groups is 2. The van der Waals surface area contributed by atoms with E-state index in [1.165, 1.54) is 6.07 Å². The Kier molecular flexibility index (Phi) is 4.25. The number of hydrogen-bond donors (Lipinski definition) is 1. The highest BCUT2D eigenvalue weighted by molar-refractivity contribution is 5.94. The number of carbonyl (C=O) groups excluding carboxylic acids is 1. The first kappa shape index (κ1) is 16.1. The SMILES string of the molecule is CC(C)(C)OC(=O)[C@@H](Cc1cc(F)c2c(c1)OCO2)C(=O)O. The molecule has 0 aliphatic carbocycles. The lowest BCUT2D eigenvalue weighted by molar-refractivity contribution is -0.166. The van der Waals surface area contributed by atoms with Crippen molar-refractivity contribution in [2.24, 2.45) is 5.92 Å². The normalized spacial score (nSPS) is 14.5. The maximum Gasteiger partial charge on any atom is 0.321 e. The number of hydrogen-bond acceptors (Lipinski definition) is 5. The van der Waals surface area contributed by atoms with Crippen LogP contribution in [0, 0.1) is 11.7 Å². The Balaban J connectivity index is 2.20. The molecule has 22 heavy (non-hydrogen) atoms. The van der Waals surface area contributed by atoms with Gasteiger partial charge in [-0.1, -0.05) is 0 Å². The molecule has 0 saturated heterocycles. The van der Waals surface area contributed by atoms with E-state index in [9.17, 15) is 19.1 Å². The van der Waals surface area contributed by atoms with Crippen molar-refractivity contribution in [3.8, 4) is 11.5 Å². The third-order valence-electron chi connectivity index (χ3n) is 2.92. The predicted octanol–water partition coefficient (Wildman–Crippen LogP) is 2.14. The maximum absolute atomic E-state index is 13.8. The molecule has 1 aromatic carbocycles. The summed E-state index contributed by atoms with van der Waals surface area (Å²) in [5.74, 6) is -4.07. The van der Waals surface area contributed by atoms with Crippen molar-refractivity contribution in [3.63, 3.8) is 0 Å². The number of halogens is 1. The average Bonchev–Trinajstić information content (AvgIpc) is 2.82. The minimum atomic E-state index is -1.42. The van der Waals surface area contributed by atoms with Gasteiger partial charge in [0, 0.05) is 0 Å². The van der Waals surface area contributed by atoms with Gasteiger partial charge in [-0.05, 0) is 44.9 Å². The van der Waals surface area contributed by atoms with Gasteiger partial charge in [0.2, 0.25) is 12.5 Å². The average molecular weight is 312 g/mol. The predicted molar refractivity (Wildman–Crippen MR) is 73.2 cm³/mol. The summed E-state index contributed by atoms with van der Waals surface area (Å²) in [6, 6.07) is 2.60. The van der Waals surface area contributed by atoms with Crippen molar-refractivity contribution in [3.05, 3.63) is 23.5 Å². The van der Waals surface area contributed by atoms with Crippen molar-refractivity contribution in [2.75, 3.05) is 6.79 Å². The van der Waals surface area contributed by atoms with E-state index in [0.29, 0.717) is 5.56 Å². The highest BCUT2D eigenvalue weighted by atomic mass is 19.1. The van der Waals surface area contributed by atoms with Crippen LogP contribution in [0.5, 0.6) is 11.5 Å². The zero-order valence-corrected chi connectivity index (χ0v) is 12.5. The van der Waals surface area contributed by atoms with Crippen LogP contribution < -0.4 is 9.47 Å². The van der Waals surface area contributed by atoms with Gasteiger partial charge >= 0.3 is 11.9 Å². The molecule has 2 rings (SSSR count). The molecule has 0 spiro atoms. The van der Waals surface area contributed by atoms with Gasteiger partial charge in [-0.25, -0.2) is 4.39 Å². The van der Waals surface area contributed by atoms with E-state index in [0.717, 1.165) is 6.07 Å². The molecule has 0 aromatic heterocycles. The number of fused-ring (bicyclic) bond motifs is 1. The molecule has 1 heterocycles. The van der Waals surface area contributed by atoms with E-state index < -0.39 is 29.3 Å². The first-order valence-electron chi connectivity index (χ1n) is 6.71. The summed E-state index contributed by atoms with van der Waals surface area (Å²) in [6.45, 7) is 4.84. The van der Waals surface area contributed by atoms with E-state index in [4.69, 9.17) is 14.2 Å². The topological polar surface area (TPSA) is 82.1 Å². The second-order valence-electron chi connectivity index (χ2n) is 5.94. The van der Waals surface area contributed by atoms with Gasteiger partial charge in [-0.2, -0.15) is 0 Å². The highest BCUT2D eigenvalue weighted by Gasteiger charge is 2.32. The third-order valence-corrected chi connectivity index (χ3v) is 2.92. The molecule has 1 aromatic rings. The number of aliphatic carboxylic acids is 1. The monoisotopic (exact) mass is 312 g/mol. The number of carboxylic acids is 1. The molecule has 0 radical (unpaired) electrons. The van der Waals surface area contributed by atoms with Crippen LogP contribution in [0.15, 0.2) is 12.1 Å². The van der Waals surface area contributed by atoms with Crippen LogP contribution in [0.2, 0.25) is 0 Å². The number of rotatable bonds is 4. The molecule has 6 nitrogen and oxygen atoms in total. The summed E-state index contributed by atoms with van der Waals surface area (Å²) >= 11 is 0. The van der Waals surface area contributed by atoms with Gasteiger partial charge in [0.05, 0.1) is 0 Å². The molecule has 1 atom stereocenters. The minimum absolute atomic E-state index is 0.00658. The van der Waals surface area contributed by atoms with Gasteiger partial charge in [-0.3, -0.25) is 9.59 Å². The molecule has 0 fully saturated rings. The van der Waals surface area contributed by atoms with Crippen molar-refractivity contribution in [1.29, 1.82) is 0 Å². The molecule has 0 bridgehead atoms. The van der Waals surface area contributed by atoms with E-state index in [1.807, 2.05) is 0 Å². The van der Waals surface area contributed by atoms with E-state index in [1.54, 1.807) is 20.8 Å². The molecule has 0 saturated carbocycles. The van der Waals surface area contributed by atoms with Crippen molar-refractivity contribution < 1.29 is 33.3 Å². The Labute approximate surface area is 126 Å². The van der Waals surface area contributed by atoms with Gasteiger partial charge in [-0.15, -0.1) is 0 Å². The van der Waals surface area contributed by atoms with Crippen molar-refractivity contribution in [2.45, 2.75) is 32.8 Å². The number of esters is 1. The fraction of sp³-hybridized carbons (Fsp3) is 0.467. The summed E-state index contributed by atoms with van der Waals surface area (Å²) in [5, 5.41) is 9.21. The molecule has 7 heteroatoms. The van der Waals surface area contributed by atoms with Crippen molar-refractivity contribution in [1.82, 2.24) is 0 Å². The lowest BCUT2D eigenvalue weighted by atomic mass is 9.98. The summed E-state index contributed by atoms with van der Waals surface area (Å²) in [4.78, 5) is 23.3. The lowest BCUT2D eigenvalue weighted by Gasteiger charge is -2.22. The molecule has 120 valence electrons. The van der Waals surface area contributed by atoms with E-state index in [-0.39, 0.29) is 24.7 Å². The minimum Gasteiger partial charge on any atom is -0.481 e. The standard InChI is InChI=1S/C15H17FO6/c1-15(2,3)22-14(19)9(13(17)18)4-8-5-10(16)12-11(6-8)20-7-21-12/h5-6,9H,4,7H2,1-3H3,(H,17,18)/t9-/m0/s1. The molecule has 0 unspecified atom stereocenters. The third kappa shape index (κ3) is 3.66. The Morgan fingerprint density at radius 3 is 2.64 bits per heavy atom. The van der Waals surface area contributed by atoms with Crippen LogP contribution >= 0.6 is 0 Å². The van der Waals surface area contributed by atoms with Crippen LogP contribution in [-0.4, -0.2) is 29.4 Å². The first-order chi connectivity index (χ1) is 10.2. The Morgan fingerprint density at radius 2 is 2.05 bits per heavy atom. The summed E-state index contributed by atoms with van der Waals surface area (Å²) < 4.78 is 28.9. The van der Waals surface area contributed by atoms with Gasteiger partial charge in [0.15, 0.2) is 17.5 Å². The molecular weight excluding hydrogens is 295 g/mol. The Bertz CT molecular complexity index is 605. The van der Waals surface area contributed by atoms with E-state index in [2.05, 4.69) is 0 Å². The maximum atomic E-state index is 13.8. The van der Waals surface area contributed by atoms with Crippen LogP contribution in [0.25, 0.3) is 0 Å². The number of ether oxygens (including phenoxy) is 3. The molecular formula is C15H17FO6. The Morgan fingerprint density at radius 1 is 1.36 bits per heavy atom. The van der Waals surface area contributed by atoms with Crippen LogP contribution in [-0.2, 0) is 20.7 Å². The molecule has 1 aliphatic rings. The quantitative estimate of drug-likeness (QED) is 0.677. The molecule has 0 amide bonds. The van der Waals surface area contributed by atoms with Crippen LogP contribution in [0.1, 0.15) is 26.3 Å². The second-order valence-corrected chi connectivity index (χ2v) is 5.94. The largest absolute Gasteiger partial charge is 0.481 e. The smallest absolute Gasteiger partial charge is 0.321 e. The Hall–Kier alpha value is -2.31. The fourth-order valence-corrected chi connectivity index (χ4v) is 2.02. The zero-order chi connectivity index (χ0) is 16.5. The zero-order valence-electron chi connectivity index (χ0n) is 12.5. The summed E-state index contributed by atoms with van der Waals surface area (Å²) in [5.41, 5.74) is -0.481.